The molecule has 1 aromatic rings. The second-order valence-corrected chi connectivity index (χ2v) is 7.49. The predicted molar refractivity (Wildman–Crippen MR) is 88.4 cm³/mol. The fraction of sp³-hybridized carbons (Fsp3) is 0.500. The molecule has 1 amide bonds. The van der Waals surface area contributed by atoms with Crippen molar-refractivity contribution in [3.63, 3.8) is 0 Å². The van der Waals surface area contributed by atoms with Gasteiger partial charge in [-0.05, 0) is 25.0 Å². The van der Waals surface area contributed by atoms with Crippen LogP contribution in [-0.4, -0.2) is 57.3 Å². The fourth-order valence-corrected chi connectivity index (χ4v) is 4.13. The number of carbonyl (C=O) groups excluding carboxylic acids is 1. The highest BCUT2D eigenvalue weighted by Crippen LogP contribution is 2.31. The number of likely N-dealkylation sites (N-methyl/N-ethyl adjacent to an activating group) is 2. The average Bonchev–Trinajstić information content (AvgIpc) is 3.09. The van der Waals surface area contributed by atoms with Crippen LogP contribution in [0.15, 0.2) is 23.1 Å². The number of hydrogen-bond donors (Lipinski definition) is 1. The van der Waals surface area contributed by atoms with E-state index in [0.29, 0.717) is 13.1 Å². The van der Waals surface area contributed by atoms with Crippen LogP contribution in [-0.2, 0) is 14.8 Å². The molecule has 1 saturated heterocycles. The Balaban J connectivity index is 2.39. The third kappa shape index (κ3) is 3.65. The SMILES string of the molecule is CNC(=O)CN(C)c1ccc(S(=O)(=O)N2CCCC2)cc1[N+](=O)[O-]. The molecule has 9 nitrogen and oxygen atoms in total. The normalized spacial score (nSPS) is 15.2. The van der Waals surface area contributed by atoms with E-state index in [9.17, 15) is 23.3 Å². The molecule has 0 atom stereocenters. The molecule has 0 radical (unpaired) electrons. The first-order valence-electron chi connectivity index (χ1n) is 7.47. The summed E-state index contributed by atoms with van der Waals surface area (Å²) in [4.78, 5) is 23.5. The van der Waals surface area contributed by atoms with E-state index in [1.165, 1.54) is 35.4 Å². The standard InChI is InChI=1S/C14H20N4O5S/c1-15-14(19)10-16(2)12-6-5-11(9-13(12)18(20)21)24(22,23)17-7-3-4-8-17/h5-6,9H,3-4,7-8,10H2,1-2H3,(H,15,19). The topological polar surface area (TPSA) is 113 Å². The predicted octanol–water partition coefficient (Wildman–Crippen LogP) is 0.561. The Bertz CT molecular complexity index is 744. The summed E-state index contributed by atoms with van der Waals surface area (Å²) in [6, 6.07) is 3.77. The Morgan fingerprint density at radius 2 is 2.00 bits per heavy atom. The molecular weight excluding hydrogens is 336 g/mol. The maximum atomic E-state index is 12.5. The first-order valence-corrected chi connectivity index (χ1v) is 8.91. The number of nitrogens with one attached hydrogen (secondary N) is 1. The Labute approximate surface area is 140 Å². The molecule has 10 heteroatoms. The number of benzene rings is 1. The van der Waals surface area contributed by atoms with Crippen molar-refractivity contribution in [2.75, 3.05) is 38.6 Å². The van der Waals surface area contributed by atoms with Gasteiger partial charge in [-0.3, -0.25) is 14.9 Å². The molecule has 132 valence electrons. The lowest BCUT2D eigenvalue weighted by molar-refractivity contribution is -0.384. The minimum atomic E-state index is -3.73. The van der Waals surface area contributed by atoms with Crippen molar-refractivity contribution in [2.24, 2.45) is 0 Å². The number of anilines is 1. The van der Waals surface area contributed by atoms with Gasteiger partial charge in [-0.15, -0.1) is 0 Å². The molecule has 1 aromatic carbocycles. The highest BCUT2D eigenvalue weighted by molar-refractivity contribution is 7.89. The largest absolute Gasteiger partial charge is 0.360 e. The van der Waals surface area contributed by atoms with Gasteiger partial charge in [0, 0.05) is 33.3 Å². The van der Waals surface area contributed by atoms with Gasteiger partial charge in [-0.2, -0.15) is 4.31 Å². The summed E-state index contributed by atoms with van der Waals surface area (Å²) in [5, 5.41) is 13.8. The molecule has 1 fully saturated rings. The van der Waals surface area contributed by atoms with Crippen molar-refractivity contribution < 1.29 is 18.1 Å². The molecule has 0 aromatic heterocycles. The molecule has 2 rings (SSSR count). The Hall–Kier alpha value is -2.20. The van der Waals surface area contributed by atoms with E-state index in [1.807, 2.05) is 0 Å². The van der Waals surface area contributed by atoms with Gasteiger partial charge >= 0.3 is 0 Å². The molecule has 1 aliphatic rings. The molecular formula is C14H20N4O5S. The van der Waals surface area contributed by atoms with Crippen LogP contribution >= 0.6 is 0 Å². The van der Waals surface area contributed by atoms with Gasteiger partial charge in [-0.1, -0.05) is 0 Å². The monoisotopic (exact) mass is 356 g/mol. The molecule has 1 aliphatic heterocycles. The molecule has 0 aliphatic carbocycles. The summed E-state index contributed by atoms with van der Waals surface area (Å²) in [5.74, 6) is -0.305. The number of nitro groups is 1. The number of amides is 1. The molecule has 1 heterocycles. The molecule has 0 unspecified atom stereocenters. The minimum absolute atomic E-state index is 0.0738. The van der Waals surface area contributed by atoms with Crippen molar-refractivity contribution in [2.45, 2.75) is 17.7 Å². The lowest BCUT2D eigenvalue weighted by atomic mass is 10.2. The van der Waals surface area contributed by atoms with Crippen LogP contribution in [0.5, 0.6) is 0 Å². The quantitative estimate of drug-likeness (QED) is 0.589. The maximum Gasteiger partial charge on any atom is 0.293 e. The number of nitrogens with zero attached hydrogens (tertiary/aromatic N) is 3. The highest BCUT2D eigenvalue weighted by Gasteiger charge is 2.30. The van der Waals surface area contributed by atoms with Gasteiger partial charge in [0.2, 0.25) is 15.9 Å². The van der Waals surface area contributed by atoms with Crippen molar-refractivity contribution in [1.29, 1.82) is 0 Å². The van der Waals surface area contributed by atoms with Crippen molar-refractivity contribution in [1.82, 2.24) is 9.62 Å². The van der Waals surface area contributed by atoms with Gasteiger partial charge in [0.25, 0.3) is 5.69 Å². The van der Waals surface area contributed by atoms with E-state index in [4.69, 9.17) is 0 Å². The van der Waals surface area contributed by atoms with Gasteiger partial charge in [0.05, 0.1) is 16.4 Å². The second kappa shape index (κ2) is 7.14. The molecule has 0 spiro atoms. The molecule has 0 saturated carbocycles. The van der Waals surface area contributed by atoms with E-state index in [2.05, 4.69) is 5.32 Å². The molecule has 1 N–H and O–H groups in total. The lowest BCUT2D eigenvalue weighted by Crippen LogP contribution is -2.33. The fourth-order valence-electron chi connectivity index (χ4n) is 2.59. The zero-order valence-corrected chi connectivity index (χ0v) is 14.4. The van der Waals surface area contributed by atoms with E-state index < -0.39 is 14.9 Å². The zero-order valence-electron chi connectivity index (χ0n) is 13.6. The first-order chi connectivity index (χ1) is 11.3. The van der Waals surface area contributed by atoms with Crippen molar-refractivity contribution >= 4 is 27.3 Å². The van der Waals surface area contributed by atoms with Gasteiger partial charge in [0.1, 0.15) is 5.69 Å². The summed E-state index contributed by atoms with van der Waals surface area (Å²) < 4.78 is 26.4. The van der Waals surface area contributed by atoms with Crippen molar-refractivity contribution in [3.8, 4) is 0 Å². The van der Waals surface area contributed by atoms with Gasteiger partial charge < -0.3 is 10.2 Å². The minimum Gasteiger partial charge on any atom is -0.360 e. The molecule has 0 bridgehead atoms. The summed E-state index contributed by atoms with van der Waals surface area (Å²) in [5.41, 5.74) is -0.161. The average molecular weight is 356 g/mol. The summed E-state index contributed by atoms with van der Waals surface area (Å²) in [7, 11) is -0.731. The number of rotatable bonds is 6. The zero-order chi connectivity index (χ0) is 17.9. The Kier molecular flexibility index (Phi) is 5.40. The van der Waals surface area contributed by atoms with Crippen LogP contribution in [0.25, 0.3) is 0 Å². The van der Waals surface area contributed by atoms with Crippen molar-refractivity contribution in [3.05, 3.63) is 28.3 Å². The third-order valence-corrected chi connectivity index (χ3v) is 5.81. The van der Waals surface area contributed by atoms with Crippen LogP contribution in [0, 0.1) is 10.1 Å². The lowest BCUT2D eigenvalue weighted by Gasteiger charge is -2.20. The highest BCUT2D eigenvalue weighted by atomic mass is 32.2. The number of hydrogen-bond acceptors (Lipinski definition) is 6. The summed E-state index contributed by atoms with van der Waals surface area (Å²) in [6.45, 7) is 0.776. The van der Waals surface area contributed by atoms with Crippen LogP contribution in [0.1, 0.15) is 12.8 Å². The smallest absolute Gasteiger partial charge is 0.293 e. The van der Waals surface area contributed by atoms with E-state index in [0.717, 1.165) is 18.9 Å². The van der Waals surface area contributed by atoms with Gasteiger partial charge in [0.15, 0.2) is 0 Å². The van der Waals surface area contributed by atoms with E-state index >= 15 is 0 Å². The number of carbonyl (C=O) groups is 1. The maximum absolute atomic E-state index is 12.5. The Morgan fingerprint density at radius 3 is 2.54 bits per heavy atom. The summed E-state index contributed by atoms with van der Waals surface area (Å²) >= 11 is 0. The third-order valence-electron chi connectivity index (χ3n) is 3.92. The van der Waals surface area contributed by atoms with E-state index in [1.54, 1.807) is 0 Å². The van der Waals surface area contributed by atoms with Gasteiger partial charge in [-0.25, -0.2) is 8.42 Å². The van der Waals surface area contributed by atoms with Crippen LogP contribution in [0.2, 0.25) is 0 Å². The second-order valence-electron chi connectivity index (χ2n) is 5.55. The number of nitro benzene ring substituents is 1. The Morgan fingerprint density at radius 1 is 1.38 bits per heavy atom. The molecule has 24 heavy (non-hydrogen) atoms. The number of sulfonamides is 1. The van der Waals surface area contributed by atoms with E-state index in [-0.39, 0.29) is 28.7 Å². The first kappa shape index (κ1) is 18.1. The van der Waals surface area contributed by atoms with Crippen LogP contribution in [0.4, 0.5) is 11.4 Å². The summed E-state index contributed by atoms with van der Waals surface area (Å²) in [6.07, 6.45) is 1.57. The van der Waals surface area contributed by atoms with Crippen LogP contribution in [0.3, 0.4) is 0 Å². The van der Waals surface area contributed by atoms with Crippen LogP contribution < -0.4 is 10.2 Å².